The topological polar surface area (TPSA) is 36.4 Å². The molecule has 0 atom stereocenters. The summed E-state index contributed by atoms with van der Waals surface area (Å²) in [4.78, 5) is 22.0. The van der Waals surface area contributed by atoms with Gasteiger partial charge < -0.3 is 4.90 Å². The molecule has 1 saturated heterocycles. The molecule has 0 unspecified atom stereocenters. The molecular formula is C22H26FN3O. The van der Waals surface area contributed by atoms with Crippen LogP contribution in [-0.2, 0) is 16.8 Å². The molecule has 1 aromatic carbocycles. The third kappa shape index (κ3) is 3.74. The molecular weight excluding hydrogens is 341 g/mol. The molecule has 0 N–H and O–H groups in total. The molecule has 1 aliphatic carbocycles. The molecule has 1 amide bonds. The van der Waals surface area contributed by atoms with Crippen LogP contribution in [0.25, 0.3) is 0 Å². The Balaban J connectivity index is 1.43. The van der Waals surface area contributed by atoms with E-state index < -0.39 is 5.41 Å². The molecule has 4 nitrogen and oxygen atoms in total. The number of halogens is 1. The Morgan fingerprint density at radius 1 is 0.963 bits per heavy atom. The molecule has 1 aliphatic heterocycles. The SMILES string of the molecule is O=C(N1CCN(Cc2ccncc2)CC1)C1(c2ccc(F)cc2)CCCC1. The summed E-state index contributed by atoms with van der Waals surface area (Å²) in [6.07, 6.45) is 7.50. The lowest BCUT2D eigenvalue weighted by atomic mass is 9.77. The highest BCUT2D eigenvalue weighted by Crippen LogP contribution is 2.42. The number of amides is 1. The summed E-state index contributed by atoms with van der Waals surface area (Å²) in [5, 5.41) is 0. The van der Waals surface area contributed by atoms with Gasteiger partial charge in [0.05, 0.1) is 5.41 Å². The molecule has 2 heterocycles. The van der Waals surface area contributed by atoms with Gasteiger partial charge in [-0.15, -0.1) is 0 Å². The minimum atomic E-state index is -0.457. The van der Waals surface area contributed by atoms with Gasteiger partial charge in [-0.3, -0.25) is 14.7 Å². The molecule has 142 valence electrons. The molecule has 1 aromatic heterocycles. The Kier molecular flexibility index (Phi) is 5.21. The van der Waals surface area contributed by atoms with Crippen molar-refractivity contribution in [2.75, 3.05) is 26.2 Å². The van der Waals surface area contributed by atoms with E-state index in [0.29, 0.717) is 0 Å². The van der Waals surface area contributed by atoms with Crippen molar-refractivity contribution in [3.63, 3.8) is 0 Å². The van der Waals surface area contributed by atoms with Crippen LogP contribution in [0.2, 0.25) is 0 Å². The first-order chi connectivity index (χ1) is 13.2. The highest BCUT2D eigenvalue weighted by molar-refractivity contribution is 5.88. The van der Waals surface area contributed by atoms with Gasteiger partial charge in [-0.05, 0) is 48.2 Å². The fourth-order valence-corrected chi connectivity index (χ4v) is 4.53. The summed E-state index contributed by atoms with van der Waals surface area (Å²) in [6, 6.07) is 10.7. The predicted octanol–water partition coefficient (Wildman–Crippen LogP) is 3.38. The number of hydrogen-bond acceptors (Lipinski definition) is 3. The van der Waals surface area contributed by atoms with Crippen LogP contribution in [0.5, 0.6) is 0 Å². The smallest absolute Gasteiger partial charge is 0.233 e. The van der Waals surface area contributed by atoms with Crippen molar-refractivity contribution < 1.29 is 9.18 Å². The highest BCUT2D eigenvalue weighted by Gasteiger charge is 2.45. The maximum Gasteiger partial charge on any atom is 0.233 e. The number of carbonyl (C=O) groups excluding carboxylic acids is 1. The fraction of sp³-hybridized carbons (Fsp3) is 0.455. The van der Waals surface area contributed by atoms with Crippen molar-refractivity contribution >= 4 is 5.91 Å². The number of pyridine rings is 1. The number of nitrogens with zero attached hydrogens (tertiary/aromatic N) is 3. The summed E-state index contributed by atoms with van der Waals surface area (Å²) in [6.45, 7) is 4.18. The van der Waals surface area contributed by atoms with Crippen LogP contribution in [0.15, 0.2) is 48.8 Å². The van der Waals surface area contributed by atoms with Crippen LogP contribution in [0.3, 0.4) is 0 Å². The van der Waals surface area contributed by atoms with Gasteiger partial charge in [0.25, 0.3) is 0 Å². The van der Waals surface area contributed by atoms with E-state index in [1.807, 2.05) is 29.4 Å². The van der Waals surface area contributed by atoms with E-state index in [0.717, 1.165) is 64.0 Å². The summed E-state index contributed by atoms with van der Waals surface area (Å²) in [7, 11) is 0. The van der Waals surface area contributed by atoms with Gasteiger partial charge >= 0.3 is 0 Å². The Bertz CT molecular complexity index is 764. The zero-order valence-electron chi connectivity index (χ0n) is 15.6. The summed E-state index contributed by atoms with van der Waals surface area (Å²) < 4.78 is 13.4. The second-order valence-electron chi connectivity index (χ2n) is 7.72. The summed E-state index contributed by atoms with van der Waals surface area (Å²) >= 11 is 0. The maximum absolute atomic E-state index is 13.5. The number of piperazine rings is 1. The zero-order valence-corrected chi connectivity index (χ0v) is 15.6. The average Bonchev–Trinajstić information content (AvgIpc) is 3.20. The van der Waals surface area contributed by atoms with E-state index in [2.05, 4.69) is 9.88 Å². The first kappa shape index (κ1) is 18.1. The van der Waals surface area contributed by atoms with Crippen LogP contribution in [0.4, 0.5) is 4.39 Å². The van der Waals surface area contributed by atoms with Gasteiger partial charge in [0.1, 0.15) is 5.82 Å². The first-order valence-corrected chi connectivity index (χ1v) is 9.84. The summed E-state index contributed by atoms with van der Waals surface area (Å²) in [5.74, 6) is -0.0146. The largest absolute Gasteiger partial charge is 0.339 e. The van der Waals surface area contributed by atoms with Gasteiger partial charge in [0, 0.05) is 45.1 Å². The quantitative estimate of drug-likeness (QED) is 0.831. The van der Waals surface area contributed by atoms with E-state index in [1.165, 1.54) is 17.7 Å². The van der Waals surface area contributed by atoms with Crippen molar-refractivity contribution in [3.05, 3.63) is 65.7 Å². The predicted molar refractivity (Wildman–Crippen MR) is 103 cm³/mol. The molecule has 2 aromatic rings. The van der Waals surface area contributed by atoms with Gasteiger partial charge in [0.15, 0.2) is 0 Å². The number of rotatable bonds is 4. The molecule has 0 bridgehead atoms. The number of aromatic nitrogens is 1. The van der Waals surface area contributed by atoms with E-state index in [9.17, 15) is 9.18 Å². The lowest BCUT2D eigenvalue weighted by molar-refractivity contribution is -0.139. The number of benzene rings is 1. The number of carbonyl (C=O) groups is 1. The lowest BCUT2D eigenvalue weighted by Gasteiger charge is -2.40. The van der Waals surface area contributed by atoms with Gasteiger partial charge in [0.2, 0.25) is 5.91 Å². The van der Waals surface area contributed by atoms with Crippen LogP contribution in [-0.4, -0.2) is 46.9 Å². The normalized spacial score (nSPS) is 20.0. The molecule has 4 rings (SSSR count). The van der Waals surface area contributed by atoms with E-state index >= 15 is 0 Å². The third-order valence-electron chi connectivity index (χ3n) is 6.08. The van der Waals surface area contributed by atoms with E-state index in [4.69, 9.17) is 0 Å². The molecule has 27 heavy (non-hydrogen) atoms. The minimum absolute atomic E-state index is 0.232. The first-order valence-electron chi connectivity index (χ1n) is 9.84. The van der Waals surface area contributed by atoms with Crippen LogP contribution in [0, 0.1) is 5.82 Å². The molecule has 0 spiro atoms. The van der Waals surface area contributed by atoms with Crippen LogP contribution in [0.1, 0.15) is 36.8 Å². The van der Waals surface area contributed by atoms with E-state index in [1.54, 1.807) is 12.1 Å². The van der Waals surface area contributed by atoms with E-state index in [-0.39, 0.29) is 11.7 Å². The van der Waals surface area contributed by atoms with Crippen molar-refractivity contribution in [3.8, 4) is 0 Å². The van der Waals surface area contributed by atoms with Gasteiger partial charge in [-0.2, -0.15) is 0 Å². The van der Waals surface area contributed by atoms with Gasteiger partial charge in [-0.1, -0.05) is 25.0 Å². The number of hydrogen-bond donors (Lipinski definition) is 0. The second kappa shape index (κ2) is 7.77. The van der Waals surface area contributed by atoms with Crippen LogP contribution < -0.4 is 0 Å². The molecule has 2 aliphatic rings. The Morgan fingerprint density at radius 2 is 1.59 bits per heavy atom. The zero-order chi connectivity index (χ0) is 18.7. The van der Waals surface area contributed by atoms with Crippen molar-refractivity contribution in [2.45, 2.75) is 37.6 Å². The Labute approximate surface area is 160 Å². The Hall–Kier alpha value is -2.27. The molecule has 5 heteroatoms. The van der Waals surface area contributed by atoms with Crippen LogP contribution >= 0.6 is 0 Å². The molecule has 1 saturated carbocycles. The average molecular weight is 367 g/mol. The monoisotopic (exact) mass is 367 g/mol. The highest BCUT2D eigenvalue weighted by atomic mass is 19.1. The molecule has 0 radical (unpaired) electrons. The second-order valence-corrected chi connectivity index (χ2v) is 7.72. The minimum Gasteiger partial charge on any atom is -0.339 e. The Morgan fingerprint density at radius 3 is 2.22 bits per heavy atom. The fourth-order valence-electron chi connectivity index (χ4n) is 4.53. The van der Waals surface area contributed by atoms with Crippen molar-refractivity contribution in [1.82, 2.24) is 14.8 Å². The lowest BCUT2D eigenvalue weighted by Crippen LogP contribution is -2.53. The van der Waals surface area contributed by atoms with Crippen molar-refractivity contribution in [2.24, 2.45) is 0 Å². The standard InChI is InChI=1S/C22H26FN3O/c23-20-5-3-19(4-6-20)22(9-1-2-10-22)21(27)26-15-13-25(14-16-26)17-18-7-11-24-12-8-18/h3-8,11-12H,1-2,9-10,13-17H2. The third-order valence-corrected chi connectivity index (χ3v) is 6.08. The van der Waals surface area contributed by atoms with Gasteiger partial charge in [-0.25, -0.2) is 4.39 Å². The maximum atomic E-state index is 13.5. The van der Waals surface area contributed by atoms with Crippen molar-refractivity contribution in [1.29, 1.82) is 0 Å². The summed E-state index contributed by atoms with van der Waals surface area (Å²) in [5.41, 5.74) is 1.77. The molecule has 2 fully saturated rings.